The highest BCUT2D eigenvalue weighted by atomic mass is 16.5. The normalized spacial score (nSPS) is 11.8. The van der Waals surface area contributed by atoms with E-state index in [0.29, 0.717) is 12.9 Å². The lowest BCUT2D eigenvalue weighted by Gasteiger charge is -2.24. The van der Waals surface area contributed by atoms with Gasteiger partial charge in [0, 0.05) is 5.39 Å². The third-order valence-electron chi connectivity index (χ3n) is 2.80. The van der Waals surface area contributed by atoms with Crippen LogP contribution in [0.2, 0.25) is 0 Å². The summed E-state index contributed by atoms with van der Waals surface area (Å²) < 4.78 is 4.81. The van der Waals surface area contributed by atoms with Crippen molar-refractivity contribution in [2.24, 2.45) is 0 Å². The van der Waals surface area contributed by atoms with Gasteiger partial charge in [0.1, 0.15) is 0 Å². The van der Waals surface area contributed by atoms with E-state index < -0.39 is 6.23 Å². The quantitative estimate of drug-likeness (QED) is 0.598. The number of carbonyl (C=O) groups is 2. The van der Waals surface area contributed by atoms with Gasteiger partial charge < -0.3 is 4.74 Å². The van der Waals surface area contributed by atoms with Gasteiger partial charge in [0.25, 0.3) is 6.47 Å². The molecule has 4 nitrogen and oxygen atoms in total. The minimum atomic E-state index is -0.634. The molecule has 2 aromatic rings. The molecule has 1 unspecified atom stereocenters. The molecule has 0 saturated carbocycles. The van der Waals surface area contributed by atoms with Crippen molar-refractivity contribution < 1.29 is 14.3 Å². The molecule has 92 valence electrons. The monoisotopic (exact) mass is 243 g/mol. The molecule has 2 aromatic carbocycles. The molecule has 0 saturated heterocycles. The third-order valence-corrected chi connectivity index (χ3v) is 2.80. The Labute approximate surface area is 105 Å². The zero-order valence-corrected chi connectivity index (χ0v) is 9.95. The molecule has 1 amide bonds. The van der Waals surface area contributed by atoms with E-state index in [1.807, 2.05) is 42.5 Å². The Morgan fingerprint density at radius 3 is 2.56 bits per heavy atom. The molecule has 0 heterocycles. The van der Waals surface area contributed by atoms with Crippen LogP contribution in [0.15, 0.2) is 42.5 Å². The Kier molecular flexibility index (Phi) is 3.57. The van der Waals surface area contributed by atoms with E-state index in [1.54, 1.807) is 6.92 Å². The molecule has 18 heavy (non-hydrogen) atoms. The number of rotatable bonds is 5. The molecule has 0 radical (unpaired) electrons. The summed E-state index contributed by atoms with van der Waals surface area (Å²) >= 11 is 0. The average Bonchev–Trinajstić information content (AvgIpc) is 2.40. The summed E-state index contributed by atoms with van der Waals surface area (Å²) in [6, 6.07) is 13.4. The Hall–Kier alpha value is -2.36. The van der Waals surface area contributed by atoms with Crippen molar-refractivity contribution in [2.45, 2.75) is 13.2 Å². The molecule has 1 atom stereocenters. The molecule has 0 aliphatic rings. The summed E-state index contributed by atoms with van der Waals surface area (Å²) in [5, 5.41) is 1.97. The number of carbonyl (C=O) groups excluding carboxylic acids is 2. The van der Waals surface area contributed by atoms with Gasteiger partial charge in [0.05, 0.1) is 5.69 Å². The fourth-order valence-electron chi connectivity index (χ4n) is 1.92. The number of nitrogens with zero attached hydrogens (tertiary/aromatic N) is 1. The van der Waals surface area contributed by atoms with Crippen LogP contribution >= 0.6 is 0 Å². The second kappa shape index (κ2) is 5.31. The van der Waals surface area contributed by atoms with Crippen LogP contribution in [0.1, 0.15) is 6.92 Å². The molecule has 0 bridgehead atoms. The first-order chi connectivity index (χ1) is 8.77. The van der Waals surface area contributed by atoms with Crippen LogP contribution in [-0.4, -0.2) is 19.1 Å². The Morgan fingerprint density at radius 1 is 1.11 bits per heavy atom. The molecule has 4 heteroatoms. The standard InChI is InChI=1S/C14H13NO3/c1-11(18-10-17)15(9-16)14-8-4-6-12-5-2-3-7-13(12)14/h2-11H,1H3. The van der Waals surface area contributed by atoms with E-state index in [2.05, 4.69) is 0 Å². The fraction of sp³-hybridized carbons (Fsp3) is 0.143. The van der Waals surface area contributed by atoms with Crippen molar-refractivity contribution in [2.75, 3.05) is 4.90 Å². The second-order valence-corrected chi connectivity index (χ2v) is 3.84. The van der Waals surface area contributed by atoms with Crippen LogP contribution in [0.4, 0.5) is 5.69 Å². The van der Waals surface area contributed by atoms with Crippen LogP contribution in [0.25, 0.3) is 10.8 Å². The maximum absolute atomic E-state index is 11.2. The summed E-state index contributed by atoms with van der Waals surface area (Å²) in [6.45, 7) is 1.98. The molecule has 0 spiro atoms. The van der Waals surface area contributed by atoms with E-state index in [9.17, 15) is 9.59 Å². The number of fused-ring (bicyclic) bond motifs is 1. The molecule has 2 rings (SSSR count). The van der Waals surface area contributed by atoms with Crippen molar-refractivity contribution in [3.05, 3.63) is 42.5 Å². The lowest BCUT2D eigenvalue weighted by molar-refractivity contribution is -0.133. The highest BCUT2D eigenvalue weighted by molar-refractivity contribution is 5.98. The first-order valence-electron chi connectivity index (χ1n) is 5.58. The summed E-state index contributed by atoms with van der Waals surface area (Å²) in [7, 11) is 0. The topological polar surface area (TPSA) is 46.6 Å². The molecular weight excluding hydrogens is 230 g/mol. The SMILES string of the molecule is CC(OC=O)N(C=O)c1cccc2ccccc12. The number of hydrogen-bond acceptors (Lipinski definition) is 3. The zero-order chi connectivity index (χ0) is 13.0. The largest absolute Gasteiger partial charge is 0.444 e. The number of anilines is 1. The summed E-state index contributed by atoms with van der Waals surface area (Å²) in [5.74, 6) is 0. The van der Waals surface area contributed by atoms with Crippen molar-refractivity contribution in [1.82, 2.24) is 0 Å². The average molecular weight is 243 g/mol. The van der Waals surface area contributed by atoms with Gasteiger partial charge in [-0.2, -0.15) is 0 Å². The van der Waals surface area contributed by atoms with Crippen molar-refractivity contribution >= 4 is 29.3 Å². The van der Waals surface area contributed by atoms with Gasteiger partial charge in [-0.05, 0) is 18.4 Å². The van der Waals surface area contributed by atoms with Crippen molar-refractivity contribution in [3.8, 4) is 0 Å². The molecular formula is C14H13NO3. The van der Waals surface area contributed by atoms with Crippen LogP contribution in [0, 0.1) is 0 Å². The van der Waals surface area contributed by atoms with E-state index in [4.69, 9.17) is 4.74 Å². The number of ether oxygens (including phenoxy) is 1. The Morgan fingerprint density at radius 2 is 1.83 bits per heavy atom. The predicted molar refractivity (Wildman–Crippen MR) is 69.1 cm³/mol. The predicted octanol–water partition coefficient (Wildman–Crippen LogP) is 2.32. The van der Waals surface area contributed by atoms with Gasteiger partial charge in [0.2, 0.25) is 6.41 Å². The van der Waals surface area contributed by atoms with Crippen LogP contribution < -0.4 is 4.90 Å². The molecule has 0 N–H and O–H groups in total. The number of hydrogen-bond donors (Lipinski definition) is 0. The van der Waals surface area contributed by atoms with E-state index in [1.165, 1.54) is 4.90 Å². The zero-order valence-electron chi connectivity index (χ0n) is 9.95. The molecule has 0 aliphatic heterocycles. The van der Waals surface area contributed by atoms with E-state index in [-0.39, 0.29) is 0 Å². The van der Waals surface area contributed by atoms with E-state index >= 15 is 0 Å². The number of amides is 1. The van der Waals surface area contributed by atoms with Gasteiger partial charge in [0.15, 0.2) is 6.23 Å². The second-order valence-electron chi connectivity index (χ2n) is 3.84. The van der Waals surface area contributed by atoms with E-state index in [0.717, 1.165) is 16.5 Å². The fourth-order valence-corrected chi connectivity index (χ4v) is 1.92. The first kappa shape index (κ1) is 12.1. The van der Waals surface area contributed by atoms with Crippen molar-refractivity contribution in [1.29, 1.82) is 0 Å². The minimum absolute atomic E-state index is 0.340. The first-order valence-corrected chi connectivity index (χ1v) is 5.58. The van der Waals surface area contributed by atoms with Gasteiger partial charge >= 0.3 is 0 Å². The van der Waals surface area contributed by atoms with Gasteiger partial charge in [-0.15, -0.1) is 0 Å². The van der Waals surface area contributed by atoms with Crippen molar-refractivity contribution in [3.63, 3.8) is 0 Å². The maximum Gasteiger partial charge on any atom is 0.295 e. The number of benzene rings is 2. The lowest BCUT2D eigenvalue weighted by Crippen LogP contribution is -2.33. The Bertz CT molecular complexity index is 562. The van der Waals surface area contributed by atoms with Gasteiger partial charge in [-0.25, -0.2) is 0 Å². The smallest absolute Gasteiger partial charge is 0.295 e. The van der Waals surface area contributed by atoms with Crippen LogP contribution in [0.3, 0.4) is 0 Å². The van der Waals surface area contributed by atoms with Crippen LogP contribution in [0.5, 0.6) is 0 Å². The van der Waals surface area contributed by atoms with Gasteiger partial charge in [-0.1, -0.05) is 36.4 Å². The molecule has 0 aliphatic carbocycles. The molecule has 0 aromatic heterocycles. The highest BCUT2D eigenvalue weighted by Gasteiger charge is 2.16. The summed E-state index contributed by atoms with van der Waals surface area (Å²) in [6.07, 6.45) is 0.0291. The third kappa shape index (κ3) is 2.18. The highest BCUT2D eigenvalue weighted by Crippen LogP contribution is 2.27. The summed E-state index contributed by atoms with van der Waals surface area (Å²) in [5.41, 5.74) is 0.720. The Balaban J connectivity index is 2.51. The summed E-state index contributed by atoms with van der Waals surface area (Å²) in [4.78, 5) is 22.9. The maximum atomic E-state index is 11.2. The minimum Gasteiger partial charge on any atom is -0.444 e. The lowest BCUT2D eigenvalue weighted by atomic mass is 10.1. The molecule has 0 fully saturated rings. The van der Waals surface area contributed by atoms with Crippen LogP contribution in [-0.2, 0) is 14.3 Å². The van der Waals surface area contributed by atoms with Gasteiger partial charge in [-0.3, -0.25) is 14.5 Å².